The van der Waals surface area contributed by atoms with E-state index in [4.69, 9.17) is 27.9 Å². The lowest BCUT2D eigenvalue weighted by molar-refractivity contribution is -0.120. The van der Waals surface area contributed by atoms with Gasteiger partial charge in [-0.05, 0) is 73.0 Å². The molecule has 3 aromatic carbocycles. The van der Waals surface area contributed by atoms with Crippen molar-refractivity contribution in [3.05, 3.63) is 93.1 Å². The van der Waals surface area contributed by atoms with E-state index in [1.165, 1.54) is 7.11 Å². The van der Waals surface area contributed by atoms with Crippen molar-refractivity contribution in [3.63, 3.8) is 0 Å². The summed E-state index contributed by atoms with van der Waals surface area (Å²) in [6.07, 6.45) is 0. The third-order valence-electron chi connectivity index (χ3n) is 5.24. The molecule has 3 aromatic rings. The minimum absolute atomic E-state index is 0.173. The second-order valence-electron chi connectivity index (χ2n) is 7.46. The van der Waals surface area contributed by atoms with Gasteiger partial charge in [-0.3, -0.25) is 9.59 Å². The van der Waals surface area contributed by atoms with Gasteiger partial charge in [0.2, 0.25) is 0 Å². The van der Waals surface area contributed by atoms with Crippen LogP contribution in [0.3, 0.4) is 0 Å². The van der Waals surface area contributed by atoms with Crippen molar-refractivity contribution in [2.24, 2.45) is 0 Å². The quantitative estimate of drug-likeness (QED) is 0.467. The van der Waals surface area contributed by atoms with Crippen molar-refractivity contribution >= 4 is 52.0 Å². The standard InChI is InChI=1S/C25H20Cl2N2O3/c1-14-4-11-21(32-3)20(12-14)29-24(30)22(16-5-7-17(26)8-6-16)23(25(29)31)28-19-10-9-18(27)13-15(19)2/h4-13,28H,1-3H3. The summed E-state index contributed by atoms with van der Waals surface area (Å²) < 4.78 is 5.43. The molecule has 0 aromatic heterocycles. The van der Waals surface area contributed by atoms with Crippen LogP contribution in [0.15, 0.2) is 66.4 Å². The van der Waals surface area contributed by atoms with Gasteiger partial charge in [0.25, 0.3) is 11.8 Å². The molecule has 162 valence electrons. The van der Waals surface area contributed by atoms with Gasteiger partial charge in [0.15, 0.2) is 0 Å². The van der Waals surface area contributed by atoms with Crippen molar-refractivity contribution < 1.29 is 14.3 Å². The van der Waals surface area contributed by atoms with Gasteiger partial charge in [-0.1, -0.05) is 41.4 Å². The highest BCUT2D eigenvalue weighted by atomic mass is 35.5. The summed E-state index contributed by atoms with van der Waals surface area (Å²) >= 11 is 12.1. The van der Waals surface area contributed by atoms with Crippen LogP contribution in [0.2, 0.25) is 10.0 Å². The molecule has 5 nitrogen and oxygen atoms in total. The topological polar surface area (TPSA) is 58.6 Å². The molecule has 7 heteroatoms. The van der Waals surface area contributed by atoms with Crippen LogP contribution in [0.4, 0.5) is 11.4 Å². The van der Waals surface area contributed by atoms with E-state index in [1.54, 1.807) is 54.6 Å². The fraction of sp³-hybridized carbons (Fsp3) is 0.120. The maximum Gasteiger partial charge on any atom is 0.282 e. The molecular weight excluding hydrogens is 447 g/mol. The van der Waals surface area contributed by atoms with E-state index in [-0.39, 0.29) is 11.3 Å². The zero-order valence-electron chi connectivity index (χ0n) is 17.7. The summed E-state index contributed by atoms with van der Waals surface area (Å²) in [6.45, 7) is 3.76. The fourth-order valence-corrected chi connectivity index (χ4v) is 3.98. The number of hydrogen-bond donors (Lipinski definition) is 1. The molecule has 1 heterocycles. The lowest BCUT2D eigenvalue weighted by Gasteiger charge is -2.19. The maximum atomic E-state index is 13.6. The minimum Gasteiger partial charge on any atom is -0.495 e. The lowest BCUT2D eigenvalue weighted by Crippen LogP contribution is -2.32. The Labute approximate surface area is 196 Å². The number of methoxy groups -OCH3 is 1. The molecule has 1 N–H and O–H groups in total. The summed E-state index contributed by atoms with van der Waals surface area (Å²) in [5.41, 5.74) is 3.80. The Bertz CT molecular complexity index is 1270. The van der Waals surface area contributed by atoms with Crippen LogP contribution in [-0.2, 0) is 9.59 Å². The molecule has 0 atom stereocenters. The number of nitrogens with zero attached hydrogens (tertiary/aromatic N) is 1. The zero-order chi connectivity index (χ0) is 23.0. The second kappa shape index (κ2) is 8.69. The third-order valence-corrected chi connectivity index (χ3v) is 5.73. The zero-order valence-corrected chi connectivity index (χ0v) is 19.2. The van der Waals surface area contributed by atoms with E-state index < -0.39 is 11.8 Å². The monoisotopic (exact) mass is 466 g/mol. The minimum atomic E-state index is -0.474. The van der Waals surface area contributed by atoms with Gasteiger partial charge in [-0.15, -0.1) is 0 Å². The number of nitrogens with one attached hydrogen (secondary N) is 1. The number of hydrogen-bond acceptors (Lipinski definition) is 4. The van der Waals surface area contributed by atoms with E-state index in [9.17, 15) is 9.59 Å². The lowest BCUT2D eigenvalue weighted by atomic mass is 10.0. The number of rotatable bonds is 5. The fourth-order valence-electron chi connectivity index (χ4n) is 3.63. The molecule has 0 saturated heterocycles. The summed E-state index contributed by atoms with van der Waals surface area (Å²) in [7, 11) is 1.50. The third kappa shape index (κ3) is 3.97. The number of aryl methyl sites for hydroxylation is 2. The van der Waals surface area contributed by atoms with Crippen LogP contribution in [0, 0.1) is 13.8 Å². The highest BCUT2D eigenvalue weighted by molar-refractivity contribution is 6.46. The molecule has 0 unspecified atom stereocenters. The van der Waals surface area contributed by atoms with E-state index in [2.05, 4.69) is 5.32 Å². The molecule has 1 aliphatic heterocycles. The molecule has 0 saturated carbocycles. The van der Waals surface area contributed by atoms with Gasteiger partial charge >= 0.3 is 0 Å². The van der Waals surface area contributed by atoms with Crippen LogP contribution in [0.1, 0.15) is 16.7 Å². The van der Waals surface area contributed by atoms with Gasteiger partial charge in [-0.2, -0.15) is 0 Å². The van der Waals surface area contributed by atoms with E-state index in [0.717, 1.165) is 16.0 Å². The van der Waals surface area contributed by atoms with E-state index in [0.29, 0.717) is 32.7 Å². The van der Waals surface area contributed by atoms with E-state index >= 15 is 0 Å². The van der Waals surface area contributed by atoms with E-state index in [1.807, 2.05) is 19.9 Å². The van der Waals surface area contributed by atoms with Gasteiger partial charge in [0.1, 0.15) is 11.4 Å². The number of carbonyl (C=O) groups is 2. The Kier molecular flexibility index (Phi) is 5.96. The first kappa shape index (κ1) is 21.9. The molecule has 4 rings (SSSR count). The molecule has 1 aliphatic rings. The molecule has 32 heavy (non-hydrogen) atoms. The summed E-state index contributed by atoms with van der Waals surface area (Å²) in [5, 5.41) is 4.28. The number of amides is 2. The molecule has 0 spiro atoms. The number of imide groups is 1. The van der Waals surface area contributed by atoms with Gasteiger partial charge < -0.3 is 10.1 Å². The Morgan fingerprint density at radius 2 is 1.53 bits per heavy atom. The first-order chi connectivity index (χ1) is 15.3. The Hall–Kier alpha value is -3.28. The predicted octanol–water partition coefficient (Wildman–Crippen LogP) is 6.02. The Morgan fingerprint density at radius 3 is 2.19 bits per heavy atom. The highest BCUT2D eigenvalue weighted by Crippen LogP contribution is 2.39. The van der Waals surface area contributed by atoms with Crippen LogP contribution in [0.25, 0.3) is 5.57 Å². The van der Waals surface area contributed by atoms with Crippen LogP contribution >= 0.6 is 23.2 Å². The Morgan fingerprint density at radius 1 is 0.844 bits per heavy atom. The number of halogens is 2. The van der Waals surface area contributed by atoms with Crippen LogP contribution in [0.5, 0.6) is 5.75 Å². The van der Waals surface area contributed by atoms with Crippen LogP contribution in [-0.4, -0.2) is 18.9 Å². The molecule has 2 amide bonds. The molecule has 0 radical (unpaired) electrons. The predicted molar refractivity (Wildman–Crippen MR) is 128 cm³/mol. The summed E-state index contributed by atoms with van der Waals surface area (Å²) in [6, 6.07) is 17.4. The van der Waals surface area contributed by atoms with Crippen molar-refractivity contribution in [1.29, 1.82) is 0 Å². The second-order valence-corrected chi connectivity index (χ2v) is 8.34. The van der Waals surface area contributed by atoms with Crippen molar-refractivity contribution in [3.8, 4) is 5.75 Å². The number of anilines is 2. The Balaban J connectivity index is 1.87. The molecule has 0 bridgehead atoms. The normalized spacial score (nSPS) is 13.7. The van der Waals surface area contributed by atoms with Crippen molar-refractivity contribution in [2.75, 3.05) is 17.3 Å². The smallest absolute Gasteiger partial charge is 0.282 e. The summed E-state index contributed by atoms with van der Waals surface area (Å²) in [4.78, 5) is 28.4. The van der Waals surface area contributed by atoms with Crippen molar-refractivity contribution in [1.82, 2.24) is 0 Å². The average Bonchev–Trinajstić information content (AvgIpc) is 3.00. The molecule has 0 aliphatic carbocycles. The average molecular weight is 467 g/mol. The van der Waals surface area contributed by atoms with Gasteiger partial charge in [0.05, 0.1) is 18.4 Å². The van der Waals surface area contributed by atoms with Crippen molar-refractivity contribution in [2.45, 2.75) is 13.8 Å². The number of benzene rings is 3. The highest BCUT2D eigenvalue weighted by Gasteiger charge is 2.41. The first-order valence-corrected chi connectivity index (χ1v) is 10.6. The number of ether oxygens (including phenoxy) is 1. The molecule has 0 fully saturated rings. The molecular formula is C25H20Cl2N2O3. The number of carbonyl (C=O) groups excluding carboxylic acids is 2. The van der Waals surface area contributed by atoms with Gasteiger partial charge in [-0.25, -0.2) is 4.90 Å². The SMILES string of the molecule is COc1ccc(C)cc1N1C(=O)C(Nc2ccc(Cl)cc2C)=C(c2ccc(Cl)cc2)C1=O. The van der Waals surface area contributed by atoms with Gasteiger partial charge in [0, 0.05) is 15.7 Å². The largest absolute Gasteiger partial charge is 0.495 e. The van der Waals surface area contributed by atoms with Crippen LogP contribution < -0.4 is 15.0 Å². The maximum absolute atomic E-state index is 13.6. The first-order valence-electron chi connectivity index (χ1n) is 9.87. The summed E-state index contributed by atoms with van der Waals surface area (Å²) in [5.74, 6) is -0.495.